The summed E-state index contributed by atoms with van der Waals surface area (Å²) in [5, 5.41) is 12.4. The van der Waals surface area contributed by atoms with Gasteiger partial charge in [0.05, 0.1) is 5.92 Å². The van der Waals surface area contributed by atoms with E-state index in [2.05, 4.69) is 5.32 Å². The quantitative estimate of drug-likeness (QED) is 0.689. The van der Waals surface area contributed by atoms with Crippen molar-refractivity contribution < 1.29 is 9.90 Å². The minimum absolute atomic E-state index is 0.0775. The van der Waals surface area contributed by atoms with E-state index in [0.717, 1.165) is 25.8 Å². The molecule has 0 aromatic carbocycles. The highest BCUT2D eigenvalue weighted by atomic mass is 16.4. The van der Waals surface area contributed by atoms with Crippen LogP contribution in [0.15, 0.2) is 0 Å². The van der Waals surface area contributed by atoms with Crippen LogP contribution in [0.3, 0.4) is 0 Å². The molecule has 0 heterocycles. The van der Waals surface area contributed by atoms with E-state index < -0.39 is 5.97 Å². The Balaban J connectivity index is 1.78. The molecule has 0 aliphatic heterocycles. The Labute approximate surface area is 78.5 Å². The highest BCUT2D eigenvalue weighted by Gasteiger charge is 2.33. The lowest BCUT2D eigenvalue weighted by Gasteiger charge is -2.15. The van der Waals surface area contributed by atoms with Crippen LogP contribution in [0.5, 0.6) is 0 Å². The summed E-state index contributed by atoms with van der Waals surface area (Å²) >= 11 is 0. The van der Waals surface area contributed by atoms with Crippen molar-refractivity contribution in [1.29, 1.82) is 0 Å². The maximum absolute atomic E-state index is 10.8. The van der Waals surface area contributed by atoms with Gasteiger partial charge in [0.1, 0.15) is 0 Å². The van der Waals surface area contributed by atoms with Gasteiger partial charge in [0.15, 0.2) is 0 Å². The molecule has 2 unspecified atom stereocenters. The molecule has 0 bridgehead atoms. The van der Waals surface area contributed by atoms with Crippen LogP contribution < -0.4 is 5.32 Å². The van der Waals surface area contributed by atoms with Gasteiger partial charge in [-0.25, -0.2) is 0 Å². The predicted octanol–water partition coefficient (Wildman–Crippen LogP) is 1.24. The van der Waals surface area contributed by atoms with Gasteiger partial charge < -0.3 is 10.4 Å². The number of carboxylic acids is 1. The monoisotopic (exact) mass is 183 g/mol. The standard InChI is InChI=1S/C10H17NO2/c12-10(13)9-3-1-2-7(9)6-11-8-4-5-8/h7-9,11H,1-6H2,(H,12,13). The number of carboxylic acid groups (broad SMARTS) is 1. The lowest BCUT2D eigenvalue weighted by atomic mass is 9.96. The summed E-state index contributed by atoms with van der Waals surface area (Å²) in [7, 11) is 0. The van der Waals surface area contributed by atoms with Crippen LogP contribution in [0.1, 0.15) is 32.1 Å². The summed E-state index contributed by atoms with van der Waals surface area (Å²) in [6.45, 7) is 0.918. The fourth-order valence-corrected chi connectivity index (χ4v) is 2.21. The lowest BCUT2D eigenvalue weighted by molar-refractivity contribution is -0.142. The van der Waals surface area contributed by atoms with Crippen LogP contribution in [-0.4, -0.2) is 23.7 Å². The molecule has 2 N–H and O–H groups in total. The van der Waals surface area contributed by atoms with Crippen LogP contribution in [0.4, 0.5) is 0 Å². The average molecular weight is 183 g/mol. The lowest BCUT2D eigenvalue weighted by Crippen LogP contribution is -2.30. The van der Waals surface area contributed by atoms with Gasteiger partial charge in [-0.1, -0.05) is 6.42 Å². The summed E-state index contributed by atoms with van der Waals surface area (Å²) in [5.74, 6) is -0.288. The van der Waals surface area contributed by atoms with E-state index in [-0.39, 0.29) is 5.92 Å². The summed E-state index contributed by atoms with van der Waals surface area (Å²) in [6.07, 6.45) is 5.63. The second kappa shape index (κ2) is 3.66. The van der Waals surface area contributed by atoms with E-state index in [9.17, 15) is 4.79 Å². The van der Waals surface area contributed by atoms with Gasteiger partial charge in [0, 0.05) is 6.04 Å². The number of nitrogens with one attached hydrogen (secondary N) is 1. The van der Waals surface area contributed by atoms with E-state index >= 15 is 0 Å². The first-order valence-electron chi connectivity index (χ1n) is 5.23. The van der Waals surface area contributed by atoms with Crippen LogP contribution in [0.25, 0.3) is 0 Å². The Morgan fingerprint density at radius 2 is 2.08 bits per heavy atom. The molecule has 2 atom stereocenters. The van der Waals surface area contributed by atoms with E-state index in [4.69, 9.17) is 5.11 Å². The van der Waals surface area contributed by atoms with Gasteiger partial charge >= 0.3 is 5.97 Å². The maximum atomic E-state index is 10.8. The first-order valence-corrected chi connectivity index (χ1v) is 5.23. The fraction of sp³-hybridized carbons (Fsp3) is 0.900. The van der Waals surface area contributed by atoms with Crippen molar-refractivity contribution in [1.82, 2.24) is 5.32 Å². The largest absolute Gasteiger partial charge is 0.481 e. The SMILES string of the molecule is O=C(O)C1CCCC1CNC1CC1. The zero-order chi connectivity index (χ0) is 9.26. The van der Waals surface area contributed by atoms with E-state index in [1.807, 2.05) is 0 Å². The Bertz CT molecular complexity index is 201. The summed E-state index contributed by atoms with van der Waals surface area (Å²) in [5.41, 5.74) is 0. The zero-order valence-electron chi connectivity index (χ0n) is 7.83. The molecule has 0 spiro atoms. The van der Waals surface area contributed by atoms with E-state index in [0.29, 0.717) is 12.0 Å². The molecule has 3 nitrogen and oxygen atoms in total. The van der Waals surface area contributed by atoms with Crippen molar-refractivity contribution >= 4 is 5.97 Å². The second-order valence-corrected chi connectivity index (χ2v) is 4.32. The van der Waals surface area contributed by atoms with Crippen molar-refractivity contribution in [3.63, 3.8) is 0 Å². The maximum Gasteiger partial charge on any atom is 0.306 e. The number of hydrogen-bond donors (Lipinski definition) is 2. The third kappa shape index (κ3) is 2.21. The number of hydrogen-bond acceptors (Lipinski definition) is 2. The van der Waals surface area contributed by atoms with E-state index in [1.54, 1.807) is 0 Å². The molecule has 13 heavy (non-hydrogen) atoms. The van der Waals surface area contributed by atoms with Gasteiger partial charge in [0.25, 0.3) is 0 Å². The second-order valence-electron chi connectivity index (χ2n) is 4.32. The Morgan fingerprint density at radius 3 is 2.69 bits per heavy atom. The van der Waals surface area contributed by atoms with Gasteiger partial charge in [-0.2, -0.15) is 0 Å². The summed E-state index contributed by atoms with van der Waals surface area (Å²) in [4.78, 5) is 10.8. The fourth-order valence-electron chi connectivity index (χ4n) is 2.21. The average Bonchev–Trinajstić information content (AvgIpc) is 2.79. The molecule has 0 aromatic heterocycles. The third-order valence-electron chi connectivity index (χ3n) is 3.22. The highest BCUT2D eigenvalue weighted by molar-refractivity contribution is 5.70. The molecular weight excluding hydrogens is 166 g/mol. The van der Waals surface area contributed by atoms with Crippen molar-refractivity contribution in [3.05, 3.63) is 0 Å². The third-order valence-corrected chi connectivity index (χ3v) is 3.22. The molecule has 0 saturated heterocycles. The van der Waals surface area contributed by atoms with Gasteiger partial charge in [0.2, 0.25) is 0 Å². The topological polar surface area (TPSA) is 49.3 Å². The van der Waals surface area contributed by atoms with Crippen LogP contribution in [0, 0.1) is 11.8 Å². The summed E-state index contributed by atoms with van der Waals surface area (Å²) < 4.78 is 0. The van der Waals surface area contributed by atoms with Gasteiger partial charge in [-0.3, -0.25) is 4.79 Å². The molecule has 0 aromatic rings. The van der Waals surface area contributed by atoms with Crippen molar-refractivity contribution in [2.24, 2.45) is 11.8 Å². The van der Waals surface area contributed by atoms with Gasteiger partial charge in [-0.05, 0) is 38.1 Å². The first-order chi connectivity index (χ1) is 6.27. The molecule has 3 heteroatoms. The molecule has 2 aliphatic rings. The zero-order valence-corrected chi connectivity index (χ0v) is 7.83. The Kier molecular flexibility index (Phi) is 2.54. The van der Waals surface area contributed by atoms with Crippen LogP contribution in [0.2, 0.25) is 0 Å². The first kappa shape index (κ1) is 9.00. The predicted molar refractivity (Wildman–Crippen MR) is 49.5 cm³/mol. The smallest absolute Gasteiger partial charge is 0.306 e. The molecule has 0 radical (unpaired) electrons. The molecule has 2 saturated carbocycles. The van der Waals surface area contributed by atoms with Crippen molar-refractivity contribution in [2.75, 3.05) is 6.54 Å². The molecule has 0 amide bonds. The van der Waals surface area contributed by atoms with E-state index in [1.165, 1.54) is 12.8 Å². The molecular formula is C10H17NO2. The normalized spacial score (nSPS) is 33.5. The minimum atomic E-state index is -0.597. The number of rotatable bonds is 4. The number of carbonyl (C=O) groups is 1. The molecule has 2 rings (SSSR count). The Morgan fingerprint density at radius 1 is 1.31 bits per heavy atom. The van der Waals surface area contributed by atoms with Crippen molar-refractivity contribution in [2.45, 2.75) is 38.1 Å². The highest BCUT2D eigenvalue weighted by Crippen LogP contribution is 2.32. The van der Waals surface area contributed by atoms with Crippen LogP contribution in [-0.2, 0) is 4.79 Å². The van der Waals surface area contributed by atoms with Crippen molar-refractivity contribution in [3.8, 4) is 0 Å². The molecule has 2 fully saturated rings. The summed E-state index contributed by atoms with van der Waals surface area (Å²) in [6, 6.07) is 0.704. The number of aliphatic carboxylic acids is 1. The van der Waals surface area contributed by atoms with Gasteiger partial charge in [-0.15, -0.1) is 0 Å². The molecule has 74 valence electrons. The Hall–Kier alpha value is -0.570. The minimum Gasteiger partial charge on any atom is -0.481 e. The van der Waals surface area contributed by atoms with Crippen LogP contribution >= 0.6 is 0 Å². The molecule has 2 aliphatic carbocycles.